The average Bonchev–Trinajstić information content (AvgIpc) is 2.73. The van der Waals surface area contributed by atoms with E-state index in [0.29, 0.717) is 13.2 Å². The summed E-state index contributed by atoms with van der Waals surface area (Å²) in [5, 5.41) is 0. The van der Waals surface area contributed by atoms with Crippen LogP contribution < -0.4 is 11.3 Å². The van der Waals surface area contributed by atoms with E-state index in [1.807, 2.05) is 0 Å². The van der Waals surface area contributed by atoms with Crippen LogP contribution in [0.3, 0.4) is 0 Å². The van der Waals surface area contributed by atoms with Gasteiger partial charge in [0.25, 0.3) is 0 Å². The monoisotopic (exact) mass is 278 g/mol. The van der Waals surface area contributed by atoms with Gasteiger partial charge in [0.1, 0.15) is 9.84 Å². The minimum atomic E-state index is -3.03. The van der Waals surface area contributed by atoms with Crippen molar-refractivity contribution in [1.29, 1.82) is 0 Å². The Morgan fingerprint density at radius 3 is 2.83 bits per heavy atom. The first-order chi connectivity index (χ1) is 8.44. The van der Waals surface area contributed by atoms with Crippen molar-refractivity contribution in [3.05, 3.63) is 0 Å². The van der Waals surface area contributed by atoms with Crippen LogP contribution in [-0.4, -0.2) is 51.9 Å². The van der Waals surface area contributed by atoms with Crippen LogP contribution in [0.5, 0.6) is 0 Å². The lowest BCUT2D eigenvalue weighted by Gasteiger charge is -2.40. The van der Waals surface area contributed by atoms with Gasteiger partial charge in [-0.25, -0.2) is 8.42 Å². The molecule has 2 fully saturated rings. The van der Waals surface area contributed by atoms with Gasteiger partial charge in [-0.05, 0) is 18.8 Å². The molecule has 6 nitrogen and oxygen atoms in total. The van der Waals surface area contributed by atoms with Gasteiger partial charge in [0.05, 0.1) is 18.0 Å². The van der Waals surface area contributed by atoms with Gasteiger partial charge < -0.3 is 9.47 Å². The van der Waals surface area contributed by atoms with Crippen molar-refractivity contribution in [2.24, 2.45) is 11.8 Å². The first kappa shape index (κ1) is 14.2. The second kappa shape index (κ2) is 5.42. The lowest BCUT2D eigenvalue weighted by molar-refractivity contribution is -0.102. The van der Waals surface area contributed by atoms with E-state index in [4.69, 9.17) is 15.3 Å². The Morgan fingerprint density at radius 1 is 1.50 bits per heavy atom. The van der Waals surface area contributed by atoms with Crippen molar-refractivity contribution in [2.75, 3.05) is 31.8 Å². The molecule has 7 heteroatoms. The van der Waals surface area contributed by atoms with Gasteiger partial charge in [-0.2, -0.15) is 0 Å². The molecule has 18 heavy (non-hydrogen) atoms. The Hall–Kier alpha value is -0.210. The molecule has 0 saturated carbocycles. The minimum absolute atomic E-state index is 0.0745. The van der Waals surface area contributed by atoms with Gasteiger partial charge in [-0.3, -0.25) is 11.3 Å². The Morgan fingerprint density at radius 2 is 2.28 bits per heavy atom. The molecule has 3 unspecified atom stereocenters. The molecule has 3 N–H and O–H groups in total. The second-order valence-corrected chi connectivity index (χ2v) is 7.64. The predicted molar refractivity (Wildman–Crippen MR) is 67.7 cm³/mol. The van der Waals surface area contributed by atoms with Crippen LogP contribution in [0.25, 0.3) is 0 Å². The molecule has 3 atom stereocenters. The van der Waals surface area contributed by atoms with Gasteiger partial charge in [0.15, 0.2) is 0 Å². The zero-order valence-corrected chi connectivity index (χ0v) is 11.5. The zero-order chi connectivity index (χ0) is 13.2. The molecule has 0 aromatic rings. The fraction of sp³-hybridized carbons (Fsp3) is 1.00. The van der Waals surface area contributed by atoms with Crippen LogP contribution in [0.15, 0.2) is 0 Å². The van der Waals surface area contributed by atoms with Crippen molar-refractivity contribution in [1.82, 2.24) is 5.43 Å². The second-order valence-electron chi connectivity index (χ2n) is 5.45. The van der Waals surface area contributed by atoms with Crippen molar-refractivity contribution < 1.29 is 17.9 Å². The fourth-order valence-corrected chi connectivity index (χ4v) is 3.94. The largest absolute Gasteiger partial charge is 0.378 e. The van der Waals surface area contributed by atoms with Crippen molar-refractivity contribution in [3.8, 4) is 0 Å². The molecular formula is C11H22N2O4S. The van der Waals surface area contributed by atoms with E-state index in [1.54, 1.807) is 0 Å². The molecule has 2 aliphatic heterocycles. The maximum atomic E-state index is 11.4. The van der Waals surface area contributed by atoms with E-state index in [9.17, 15) is 8.42 Å². The highest BCUT2D eigenvalue weighted by atomic mass is 32.2. The predicted octanol–water partition coefficient (Wildman–Crippen LogP) is -0.551. The van der Waals surface area contributed by atoms with Gasteiger partial charge >= 0.3 is 0 Å². The molecule has 0 amide bonds. The van der Waals surface area contributed by atoms with E-state index < -0.39 is 9.84 Å². The highest BCUT2D eigenvalue weighted by Gasteiger charge is 2.43. The Kier molecular flexibility index (Phi) is 4.28. The van der Waals surface area contributed by atoms with Crippen LogP contribution >= 0.6 is 0 Å². The van der Waals surface area contributed by atoms with Crippen LogP contribution in [0, 0.1) is 5.92 Å². The smallest absolute Gasteiger partial charge is 0.149 e. The summed E-state index contributed by atoms with van der Waals surface area (Å²) in [7, 11) is -3.03. The molecule has 0 bridgehead atoms. The maximum absolute atomic E-state index is 11.4. The molecule has 2 aliphatic rings. The number of rotatable bonds is 4. The summed E-state index contributed by atoms with van der Waals surface area (Å²) in [6.07, 6.45) is 3.79. The van der Waals surface area contributed by atoms with Gasteiger partial charge in [-0.1, -0.05) is 0 Å². The molecule has 1 spiro atoms. The van der Waals surface area contributed by atoms with Crippen molar-refractivity contribution in [3.63, 3.8) is 0 Å². The molecule has 2 saturated heterocycles. The number of nitrogens with one attached hydrogen (secondary N) is 1. The molecule has 0 radical (unpaired) electrons. The third-order valence-corrected chi connectivity index (χ3v) is 4.83. The molecular weight excluding hydrogens is 256 g/mol. The Labute approximate surface area is 108 Å². The van der Waals surface area contributed by atoms with Crippen LogP contribution in [0.2, 0.25) is 0 Å². The third kappa shape index (κ3) is 3.42. The van der Waals surface area contributed by atoms with Gasteiger partial charge in [0, 0.05) is 31.9 Å². The fourth-order valence-electron chi connectivity index (χ4n) is 2.92. The highest BCUT2D eigenvalue weighted by Crippen LogP contribution is 2.37. The summed E-state index contributed by atoms with van der Waals surface area (Å²) in [5.41, 5.74) is 2.45. The summed E-state index contributed by atoms with van der Waals surface area (Å²) in [4.78, 5) is 0. The number of hydrazine groups is 1. The molecule has 0 aromatic carbocycles. The Balaban J connectivity index is 2.02. The summed E-state index contributed by atoms with van der Waals surface area (Å²) < 4.78 is 34.1. The first-order valence-corrected chi connectivity index (χ1v) is 8.36. The third-order valence-electron chi connectivity index (χ3n) is 3.86. The van der Waals surface area contributed by atoms with Gasteiger partial charge in [-0.15, -0.1) is 0 Å². The molecule has 0 aliphatic carbocycles. The molecule has 2 heterocycles. The normalized spacial score (nSPS) is 34.9. The first-order valence-electron chi connectivity index (χ1n) is 6.30. The van der Waals surface area contributed by atoms with Crippen molar-refractivity contribution >= 4 is 9.84 Å². The number of hydrogen-bond donors (Lipinski definition) is 2. The molecule has 2 rings (SSSR count). The summed E-state index contributed by atoms with van der Waals surface area (Å²) in [6.45, 7) is 1.98. The van der Waals surface area contributed by atoms with Crippen LogP contribution in [-0.2, 0) is 19.3 Å². The SMILES string of the molecule is CS(=O)(=O)CC(NN)C1CCOC2(CCOC2)C1. The highest BCUT2D eigenvalue weighted by molar-refractivity contribution is 7.90. The zero-order valence-electron chi connectivity index (χ0n) is 10.7. The summed E-state index contributed by atoms with van der Waals surface area (Å²) in [5.74, 6) is 5.81. The summed E-state index contributed by atoms with van der Waals surface area (Å²) in [6, 6.07) is -0.207. The van der Waals surface area contributed by atoms with Crippen LogP contribution in [0.4, 0.5) is 0 Å². The van der Waals surface area contributed by atoms with E-state index >= 15 is 0 Å². The topological polar surface area (TPSA) is 90.7 Å². The summed E-state index contributed by atoms with van der Waals surface area (Å²) >= 11 is 0. The maximum Gasteiger partial charge on any atom is 0.149 e. The molecule has 0 aromatic heterocycles. The van der Waals surface area contributed by atoms with Crippen LogP contribution in [0.1, 0.15) is 19.3 Å². The number of nitrogens with two attached hydrogens (primary N) is 1. The number of sulfone groups is 1. The quantitative estimate of drug-likeness (QED) is 0.529. The average molecular weight is 278 g/mol. The molecule has 106 valence electrons. The Bertz CT molecular complexity index is 379. The number of ether oxygens (including phenoxy) is 2. The van der Waals surface area contributed by atoms with E-state index in [0.717, 1.165) is 25.9 Å². The van der Waals surface area contributed by atoms with Gasteiger partial charge in [0.2, 0.25) is 0 Å². The van der Waals surface area contributed by atoms with Crippen molar-refractivity contribution in [2.45, 2.75) is 30.9 Å². The standard InChI is InChI=1S/C11H22N2O4S/c1-18(14,15)7-10(13-12)9-2-4-17-11(6-9)3-5-16-8-11/h9-10,13H,2-8,12H2,1H3. The lowest BCUT2D eigenvalue weighted by atomic mass is 9.82. The lowest BCUT2D eigenvalue weighted by Crippen LogP contribution is -2.51. The van der Waals surface area contributed by atoms with E-state index in [2.05, 4.69) is 5.43 Å². The van der Waals surface area contributed by atoms with E-state index in [1.165, 1.54) is 6.26 Å². The number of hydrogen-bond acceptors (Lipinski definition) is 6. The minimum Gasteiger partial charge on any atom is -0.378 e. The van der Waals surface area contributed by atoms with E-state index in [-0.39, 0.29) is 23.3 Å².